The third kappa shape index (κ3) is 5.92. The van der Waals surface area contributed by atoms with E-state index in [4.69, 9.17) is 14.2 Å². The molecule has 2 fully saturated rings. The van der Waals surface area contributed by atoms with Crippen LogP contribution in [-0.2, 0) is 22.6 Å². The Kier molecular flexibility index (Phi) is 7.69. The number of aryl methyl sites for hydroxylation is 2. The minimum atomic E-state index is -1.00. The van der Waals surface area contributed by atoms with Crippen molar-refractivity contribution in [2.75, 3.05) is 13.2 Å². The molecule has 3 aliphatic rings. The fraction of sp³-hybridized carbons (Fsp3) is 0.486. The molecule has 0 saturated heterocycles. The van der Waals surface area contributed by atoms with Crippen LogP contribution >= 0.6 is 0 Å². The van der Waals surface area contributed by atoms with Crippen LogP contribution in [0.4, 0.5) is 8.78 Å². The van der Waals surface area contributed by atoms with Crippen LogP contribution in [0.25, 0.3) is 11.1 Å². The predicted molar refractivity (Wildman–Crippen MR) is 159 cm³/mol. The minimum absolute atomic E-state index is 0.117. The molecule has 3 atom stereocenters. The van der Waals surface area contributed by atoms with Gasteiger partial charge in [0.1, 0.15) is 29.6 Å². The summed E-state index contributed by atoms with van der Waals surface area (Å²) in [6.45, 7) is 9.33. The third-order valence-electron chi connectivity index (χ3n) is 9.07. The first-order valence-electron chi connectivity index (χ1n) is 15.2. The number of carbonyl (C=O) groups excluding carboxylic acids is 1. The van der Waals surface area contributed by atoms with E-state index in [9.17, 15) is 19.4 Å². The molecule has 0 aliphatic heterocycles. The minimum Gasteiger partial charge on any atom is -0.493 e. The molecule has 6 rings (SSSR count). The van der Waals surface area contributed by atoms with Gasteiger partial charge in [-0.1, -0.05) is 0 Å². The topological polar surface area (TPSA) is 98.1 Å². The summed E-state index contributed by atoms with van der Waals surface area (Å²) in [7, 11) is 0. The summed E-state index contributed by atoms with van der Waals surface area (Å²) >= 11 is 0. The van der Waals surface area contributed by atoms with Crippen LogP contribution in [0, 0.1) is 43.2 Å². The number of hydrogen-bond acceptors (Lipinski definition) is 7. The Hall–Kier alpha value is -3.56. The first kappa shape index (κ1) is 30.5. The molecular formula is C35H39F2NO6. The maximum atomic E-state index is 15.1. The maximum absolute atomic E-state index is 15.1. The van der Waals surface area contributed by atoms with Crippen molar-refractivity contribution >= 4 is 5.97 Å². The van der Waals surface area contributed by atoms with Gasteiger partial charge in [-0.25, -0.2) is 13.8 Å². The van der Waals surface area contributed by atoms with Crippen molar-refractivity contribution in [1.82, 2.24) is 4.98 Å². The average Bonchev–Trinajstić information content (AvgIpc) is 3.51. The fourth-order valence-corrected chi connectivity index (χ4v) is 6.99. The second kappa shape index (κ2) is 11.1. The van der Waals surface area contributed by atoms with Gasteiger partial charge in [-0.2, -0.15) is 0 Å². The molecule has 0 amide bonds. The Morgan fingerprint density at radius 1 is 1.05 bits per heavy atom. The van der Waals surface area contributed by atoms with E-state index < -0.39 is 22.8 Å². The van der Waals surface area contributed by atoms with Gasteiger partial charge in [-0.15, -0.1) is 0 Å². The monoisotopic (exact) mass is 607 g/mol. The zero-order valence-electron chi connectivity index (χ0n) is 25.7. The highest BCUT2D eigenvalue weighted by Gasteiger charge is 2.61. The quantitative estimate of drug-likeness (QED) is 0.290. The van der Waals surface area contributed by atoms with E-state index in [-0.39, 0.29) is 54.0 Å². The largest absolute Gasteiger partial charge is 0.493 e. The number of aromatic nitrogens is 1. The van der Waals surface area contributed by atoms with Gasteiger partial charge in [0.05, 0.1) is 24.7 Å². The molecule has 7 nitrogen and oxygen atoms in total. The van der Waals surface area contributed by atoms with E-state index in [1.54, 1.807) is 6.20 Å². The highest BCUT2D eigenvalue weighted by atomic mass is 19.1. The molecule has 0 spiro atoms. The van der Waals surface area contributed by atoms with Crippen molar-refractivity contribution in [3.63, 3.8) is 0 Å². The smallest absolute Gasteiger partial charge is 0.310 e. The van der Waals surface area contributed by atoms with Gasteiger partial charge in [-0.3, -0.25) is 4.79 Å². The number of halogens is 2. The Bertz CT molecular complexity index is 1590. The van der Waals surface area contributed by atoms with Gasteiger partial charge < -0.3 is 24.4 Å². The first-order chi connectivity index (χ1) is 20.7. The number of rotatable bonds is 9. The van der Waals surface area contributed by atoms with Crippen molar-refractivity contribution in [3.8, 4) is 22.8 Å². The number of aliphatic hydroxyl groups is 2. The first-order valence-corrected chi connectivity index (χ1v) is 15.2. The van der Waals surface area contributed by atoms with Crippen LogP contribution in [0.15, 0.2) is 36.5 Å². The lowest BCUT2D eigenvalue weighted by Gasteiger charge is -2.42. The number of pyridine rings is 1. The molecular weight excluding hydrogens is 568 g/mol. The molecule has 3 aromatic rings. The Labute approximate surface area is 256 Å². The lowest BCUT2D eigenvalue weighted by atomic mass is 9.72. The van der Waals surface area contributed by atoms with Crippen LogP contribution in [0.5, 0.6) is 11.6 Å². The van der Waals surface area contributed by atoms with Crippen molar-refractivity contribution in [3.05, 3.63) is 76.0 Å². The molecule has 0 radical (unpaired) electrons. The maximum Gasteiger partial charge on any atom is 0.310 e. The second-order valence-corrected chi connectivity index (χ2v) is 13.8. The molecule has 2 aromatic carbocycles. The van der Waals surface area contributed by atoms with Crippen LogP contribution in [-0.4, -0.2) is 45.6 Å². The van der Waals surface area contributed by atoms with Crippen LogP contribution in [0.3, 0.4) is 0 Å². The van der Waals surface area contributed by atoms with Gasteiger partial charge in [0.2, 0.25) is 5.88 Å². The Morgan fingerprint density at radius 2 is 1.75 bits per heavy atom. The second-order valence-electron chi connectivity index (χ2n) is 13.8. The van der Waals surface area contributed by atoms with Gasteiger partial charge >= 0.3 is 5.97 Å². The summed E-state index contributed by atoms with van der Waals surface area (Å²) in [5.74, 6) is -0.206. The number of esters is 1. The van der Waals surface area contributed by atoms with Crippen molar-refractivity contribution in [2.45, 2.75) is 77.6 Å². The standard InChI is InChI=1S/C35H39F2NO6/c1-18-6-23(42-15-20-12-35(41,13-20)17-39)7-19(2)30(18)24-9-22(27(36)11-28(24)37)16-43-29-10-21-8-25-31(26(21)14-38-29)32(25)33(40)44-34(3,4)5/h6-7,9-11,14,20,25,31-32,39,41H,8,12-13,15-17H2,1-5H3/t20-,25-,31-,32+,35-/m1/s1. The summed E-state index contributed by atoms with van der Waals surface area (Å²) in [4.78, 5) is 17.0. The third-order valence-corrected chi connectivity index (χ3v) is 9.07. The zero-order valence-corrected chi connectivity index (χ0v) is 25.7. The van der Waals surface area contributed by atoms with Crippen LogP contribution < -0.4 is 9.47 Å². The number of nitrogens with zero attached hydrogens (tertiary/aromatic N) is 1. The number of fused-ring (bicyclic) bond motifs is 3. The molecule has 0 unspecified atom stereocenters. The summed E-state index contributed by atoms with van der Waals surface area (Å²) < 4.78 is 47.4. The zero-order chi connectivity index (χ0) is 31.6. The van der Waals surface area contributed by atoms with E-state index in [2.05, 4.69) is 4.98 Å². The number of benzene rings is 2. The molecule has 1 aromatic heterocycles. The highest BCUT2D eigenvalue weighted by molar-refractivity contribution is 5.80. The summed E-state index contributed by atoms with van der Waals surface area (Å²) in [6.07, 6.45) is 3.45. The lowest BCUT2D eigenvalue weighted by Crippen LogP contribution is -2.48. The molecule has 3 aliphatic carbocycles. The Balaban J connectivity index is 1.12. The summed E-state index contributed by atoms with van der Waals surface area (Å²) in [6, 6.07) is 7.86. The molecule has 0 bridgehead atoms. The van der Waals surface area contributed by atoms with Crippen molar-refractivity contribution in [1.29, 1.82) is 0 Å². The van der Waals surface area contributed by atoms with E-state index in [1.165, 1.54) is 6.07 Å². The average molecular weight is 608 g/mol. The van der Waals surface area contributed by atoms with Gasteiger partial charge in [0.15, 0.2) is 0 Å². The summed E-state index contributed by atoms with van der Waals surface area (Å²) in [5, 5.41) is 19.2. The molecule has 9 heteroatoms. The number of aliphatic hydroxyl groups excluding tert-OH is 1. The highest BCUT2D eigenvalue weighted by Crippen LogP contribution is 2.62. The van der Waals surface area contributed by atoms with E-state index >= 15 is 4.39 Å². The van der Waals surface area contributed by atoms with Crippen molar-refractivity contribution < 1.29 is 38.0 Å². The Morgan fingerprint density at radius 3 is 2.41 bits per heavy atom. The van der Waals surface area contributed by atoms with Crippen molar-refractivity contribution in [2.24, 2.45) is 17.8 Å². The normalized spacial score (nSPS) is 25.1. The SMILES string of the molecule is Cc1cc(OC[C@H]2C[C@@](O)(CO)C2)cc(C)c1-c1cc(COc2cc3c(cn2)[C@H]2[C@@H](C3)[C@@H]2C(=O)OC(C)(C)C)c(F)cc1F. The lowest BCUT2D eigenvalue weighted by molar-refractivity contribution is -0.157. The summed E-state index contributed by atoms with van der Waals surface area (Å²) in [5.41, 5.74) is 3.27. The molecule has 234 valence electrons. The van der Waals surface area contributed by atoms with Gasteiger partial charge in [-0.05, 0) is 112 Å². The predicted octanol–water partition coefficient (Wildman–Crippen LogP) is 5.96. The molecule has 2 N–H and O–H groups in total. The van der Waals surface area contributed by atoms with Gasteiger partial charge in [0, 0.05) is 35.4 Å². The van der Waals surface area contributed by atoms with Gasteiger partial charge in [0.25, 0.3) is 0 Å². The van der Waals surface area contributed by atoms with E-state index in [0.29, 0.717) is 36.6 Å². The molecule has 44 heavy (non-hydrogen) atoms. The number of ether oxygens (including phenoxy) is 3. The number of hydrogen-bond donors (Lipinski definition) is 2. The van der Waals surface area contributed by atoms with Crippen LogP contribution in [0.2, 0.25) is 0 Å². The number of carbonyl (C=O) groups is 1. The molecule has 1 heterocycles. The molecule has 2 saturated carbocycles. The van der Waals surface area contributed by atoms with E-state index in [1.807, 2.05) is 52.8 Å². The van der Waals surface area contributed by atoms with E-state index in [0.717, 1.165) is 34.7 Å². The van der Waals surface area contributed by atoms with Crippen LogP contribution in [0.1, 0.15) is 67.3 Å². The fourth-order valence-electron chi connectivity index (χ4n) is 6.99.